The van der Waals surface area contributed by atoms with Gasteiger partial charge in [-0.05, 0) is 24.3 Å². The van der Waals surface area contributed by atoms with E-state index in [-0.39, 0.29) is 0 Å². The number of rotatable bonds is 5. The standard InChI is InChI=1S/C15H15N3O2/c19-18(20)15(11-16-13-7-3-1-4-8-13)12-17-14-9-5-2-6-10-14/h1-12,15,18-19H. The highest BCUT2D eigenvalue weighted by molar-refractivity contribution is 5.88. The summed E-state index contributed by atoms with van der Waals surface area (Å²) in [6.45, 7) is 0. The zero-order valence-corrected chi connectivity index (χ0v) is 10.8. The topological polar surface area (TPSA) is 72.5 Å². The minimum Gasteiger partial charge on any atom is -0.599 e. The third-order valence-electron chi connectivity index (χ3n) is 2.57. The smallest absolute Gasteiger partial charge is 0.188 e. The molecule has 2 aromatic carbocycles. The summed E-state index contributed by atoms with van der Waals surface area (Å²) in [5, 5.41) is 19.3. The van der Waals surface area contributed by atoms with E-state index in [0.29, 0.717) is 11.4 Å². The van der Waals surface area contributed by atoms with Gasteiger partial charge >= 0.3 is 0 Å². The highest BCUT2D eigenvalue weighted by atomic mass is 16.8. The van der Waals surface area contributed by atoms with Crippen molar-refractivity contribution in [3.05, 3.63) is 65.9 Å². The maximum Gasteiger partial charge on any atom is 0.188 e. The predicted molar refractivity (Wildman–Crippen MR) is 79.1 cm³/mol. The van der Waals surface area contributed by atoms with Crippen LogP contribution in [0.3, 0.4) is 0 Å². The largest absolute Gasteiger partial charge is 0.599 e. The Balaban J connectivity index is 2.08. The maximum absolute atomic E-state index is 11.2. The quantitative estimate of drug-likeness (QED) is 0.643. The minimum atomic E-state index is -0.982. The predicted octanol–water partition coefficient (Wildman–Crippen LogP) is 1.93. The molecule has 1 unspecified atom stereocenters. The molecule has 0 aromatic heterocycles. The summed E-state index contributed by atoms with van der Waals surface area (Å²) in [4.78, 5) is 8.29. The molecule has 2 rings (SSSR count). The number of hydroxylamine groups is 2. The van der Waals surface area contributed by atoms with E-state index >= 15 is 0 Å². The lowest BCUT2D eigenvalue weighted by molar-refractivity contribution is -1.05. The van der Waals surface area contributed by atoms with Gasteiger partial charge in [0.25, 0.3) is 0 Å². The van der Waals surface area contributed by atoms with Crippen LogP contribution in [-0.2, 0) is 0 Å². The van der Waals surface area contributed by atoms with Gasteiger partial charge in [0.2, 0.25) is 0 Å². The highest BCUT2D eigenvalue weighted by Gasteiger charge is 2.08. The van der Waals surface area contributed by atoms with Crippen molar-refractivity contribution < 1.29 is 10.4 Å². The van der Waals surface area contributed by atoms with Crippen molar-refractivity contribution in [3.63, 3.8) is 0 Å². The van der Waals surface area contributed by atoms with Gasteiger partial charge in [-0.15, -0.1) is 0 Å². The van der Waals surface area contributed by atoms with Crippen LogP contribution in [0.4, 0.5) is 11.4 Å². The molecule has 0 radical (unpaired) electrons. The molecule has 0 fully saturated rings. The van der Waals surface area contributed by atoms with Crippen LogP contribution in [0.1, 0.15) is 0 Å². The van der Waals surface area contributed by atoms with Gasteiger partial charge in [0.15, 0.2) is 6.04 Å². The van der Waals surface area contributed by atoms with Crippen LogP contribution in [-0.4, -0.2) is 23.7 Å². The Morgan fingerprint density at radius 2 is 1.25 bits per heavy atom. The molecular formula is C15H15N3O2. The van der Waals surface area contributed by atoms with Gasteiger partial charge in [-0.1, -0.05) is 36.4 Å². The number of hydrogen-bond donors (Lipinski definition) is 2. The van der Waals surface area contributed by atoms with Crippen molar-refractivity contribution in [1.29, 1.82) is 0 Å². The van der Waals surface area contributed by atoms with Gasteiger partial charge in [0.05, 0.1) is 23.8 Å². The summed E-state index contributed by atoms with van der Waals surface area (Å²) in [5.41, 5.74) is 1.43. The molecule has 0 aliphatic rings. The van der Waals surface area contributed by atoms with E-state index in [1.807, 2.05) is 60.7 Å². The van der Waals surface area contributed by atoms with Gasteiger partial charge in [0.1, 0.15) is 0 Å². The lowest BCUT2D eigenvalue weighted by Crippen LogP contribution is -3.09. The van der Waals surface area contributed by atoms with Gasteiger partial charge in [-0.25, -0.2) is 10.4 Å². The average molecular weight is 269 g/mol. The molecule has 0 bridgehead atoms. The maximum atomic E-state index is 11.2. The fraction of sp³-hybridized carbons (Fsp3) is 0.0667. The van der Waals surface area contributed by atoms with Gasteiger partial charge in [0, 0.05) is 0 Å². The van der Waals surface area contributed by atoms with Crippen LogP contribution in [0.2, 0.25) is 0 Å². The molecule has 5 nitrogen and oxygen atoms in total. The molecule has 1 atom stereocenters. The van der Waals surface area contributed by atoms with Crippen LogP contribution in [0.5, 0.6) is 0 Å². The van der Waals surface area contributed by atoms with E-state index in [4.69, 9.17) is 5.21 Å². The lowest BCUT2D eigenvalue weighted by Gasteiger charge is -2.16. The number of benzene rings is 2. The Kier molecular flexibility index (Phi) is 5.14. The molecule has 102 valence electrons. The second-order valence-corrected chi connectivity index (χ2v) is 4.09. The van der Waals surface area contributed by atoms with Crippen LogP contribution >= 0.6 is 0 Å². The van der Waals surface area contributed by atoms with E-state index in [9.17, 15) is 5.21 Å². The second-order valence-electron chi connectivity index (χ2n) is 4.09. The summed E-state index contributed by atoms with van der Waals surface area (Å²) in [6.07, 6.45) is 2.76. The Morgan fingerprint density at radius 3 is 1.60 bits per heavy atom. The van der Waals surface area contributed by atoms with Crippen molar-refractivity contribution in [2.24, 2.45) is 9.98 Å². The minimum absolute atomic E-state index is 0.715. The number of nitrogens with zero attached hydrogens (tertiary/aromatic N) is 2. The normalized spacial score (nSPS) is 14.7. The average Bonchev–Trinajstić information content (AvgIpc) is 2.49. The molecule has 20 heavy (non-hydrogen) atoms. The number of para-hydroxylation sites is 2. The zero-order chi connectivity index (χ0) is 14.2. The summed E-state index contributed by atoms with van der Waals surface area (Å²) in [5.74, 6) is 0. The van der Waals surface area contributed by atoms with Crippen molar-refractivity contribution in [2.75, 3.05) is 0 Å². The molecule has 0 saturated carbocycles. The van der Waals surface area contributed by atoms with E-state index in [1.165, 1.54) is 12.4 Å². The lowest BCUT2D eigenvalue weighted by atomic mass is 10.3. The summed E-state index contributed by atoms with van der Waals surface area (Å²) in [6, 6.07) is 17.5. The van der Waals surface area contributed by atoms with Crippen LogP contribution in [0, 0.1) is 5.21 Å². The van der Waals surface area contributed by atoms with E-state index < -0.39 is 11.3 Å². The monoisotopic (exact) mass is 269 g/mol. The van der Waals surface area contributed by atoms with E-state index in [1.54, 1.807) is 0 Å². The number of nitrogens with one attached hydrogen (secondary N) is 1. The van der Waals surface area contributed by atoms with Crippen molar-refractivity contribution >= 4 is 23.8 Å². The summed E-state index contributed by atoms with van der Waals surface area (Å²) in [7, 11) is 0. The number of quaternary nitrogens is 1. The molecule has 0 spiro atoms. The first-order valence-corrected chi connectivity index (χ1v) is 6.17. The molecule has 0 saturated heterocycles. The fourth-order valence-corrected chi connectivity index (χ4v) is 1.53. The molecule has 5 heteroatoms. The van der Waals surface area contributed by atoms with Crippen molar-refractivity contribution in [2.45, 2.75) is 6.04 Å². The number of hydrogen-bond acceptors (Lipinski definition) is 4. The fourth-order valence-electron chi connectivity index (χ4n) is 1.53. The Morgan fingerprint density at radius 1 is 0.850 bits per heavy atom. The van der Waals surface area contributed by atoms with E-state index in [2.05, 4.69) is 9.98 Å². The Bertz CT molecular complexity index is 519. The Labute approximate surface area is 117 Å². The first kappa shape index (κ1) is 14.1. The second kappa shape index (κ2) is 7.30. The van der Waals surface area contributed by atoms with Gasteiger partial charge in [-0.2, -0.15) is 0 Å². The molecule has 0 aliphatic heterocycles. The highest BCUT2D eigenvalue weighted by Crippen LogP contribution is 2.09. The molecule has 2 aromatic rings. The molecule has 2 N–H and O–H groups in total. The summed E-state index contributed by atoms with van der Waals surface area (Å²) < 4.78 is 0. The SMILES string of the molecule is [O-][NH+](O)C(C=Nc1ccccc1)C=Nc1ccccc1. The van der Waals surface area contributed by atoms with Crippen molar-refractivity contribution in [3.8, 4) is 0 Å². The third kappa shape index (κ3) is 4.40. The zero-order valence-electron chi connectivity index (χ0n) is 10.8. The molecular weight excluding hydrogens is 254 g/mol. The molecule has 0 aliphatic carbocycles. The van der Waals surface area contributed by atoms with Crippen molar-refractivity contribution in [1.82, 2.24) is 0 Å². The van der Waals surface area contributed by atoms with Gasteiger partial charge < -0.3 is 5.21 Å². The number of aliphatic imine (C=N–C) groups is 2. The van der Waals surface area contributed by atoms with Crippen LogP contribution < -0.4 is 5.23 Å². The van der Waals surface area contributed by atoms with E-state index in [0.717, 1.165) is 0 Å². The summed E-state index contributed by atoms with van der Waals surface area (Å²) >= 11 is 0. The Hall–Kier alpha value is -2.34. The molecule has 0 heterocycles. The first-order valence-electron chi connectivity index (χ1n) is 6.17. The van der Waals surface area contributed by atoms with Gasteiger partial charge in [-0.3, -0.25) is 9.98 Å². The third-order valence-corrected chi connectivity index (χ3v) is 2.57. The molecule has 0 amide bonds. The van der Waals surface area contributed by atoms with Crippen LogP contribution in [0.15, 0.2) is 70.6 Å². The first-order chi connectivity index (χ1) is 9.75. The van der Waals surface area contributed by atoms with Crippen LogP contribution in [0.25, 0.3) is 0 Å².